The van der Waals surface area contributed by atoms with Crippen molar-refractivity contribution in [2.75, 3.05) is 25.6 Å². The highest BCUT2D eigenvalue weighted by atomic mass is 16.5. The molecule has 1 aliphatic rings. The Morgan fingerprint density at radius 1 is 1.20 bits per heavy atom. The summed E-state index contributed by atoms with van der Waals surface area (Å²) in [6.45, 7) is 0.690. The number of fused-ring (bicyclic) bond motifs is 1. The third kappa shape index (κ3) is 4.09. The van der Waals surface area contributed by atoms with Crippen molar-refractivity contribution in [3.8, 4) is 11.5 Å². The van der Waals surface area contributed by atoms with E-state index >= 15 is 0 Å². The summed E-state index contributed by atoms with van der Waals surface area (Å²) in [5.74, 6) is 0.604. The summed E-state index contributed by atoms with van der Waals surface area (Å²) in [5, 5.41) is 5.63. The highest BCUT2D eigenvalue weighted by Gasteiger charge is 2.30. The van der Waals surface area contributed by atoms with Crippen LogP contribution in [0.25, 0.3) is 0 Å². The number of hydrogen-bond donors (Lipinski definition) is 2. The fourth-order valence-corrected chi connectivity index (χ4v) is 2.80. The molecule has 0 aromatic heterocycles. The number of rotatable bonds is 6. The van der Waals surface area contributed by atoms with Gasteiger partial charge in [-0.05, 0) is 23.8 Å². The quantitative estimate of drug-likeness (QED) is 0.791. The van der Waals surface area contributed by atoms with Crippen LogP contribution in [-0.2, 0) is 9.59 Å². The second kappa shape index (κ2) is 7.70. The number of ether oxygens (including phenoxy) is 2. The van der Waals surface area contributed by atoms with Crippen LogP contribution in [0, 0.1) is 0 Å². The Morgan fingerprint density at radius 3 is 2.84 bits per heavy atom. The Morgan fingerprint density at radius 2 is 2.00 bits per heavy atom. The molecule has 2 aromatic rings. The van der Waals surface area contributed by atoms with Crippen LogP contribution in [0.15, 0.2) is 48.5 Å². The second-order valence-electron chi connectivity index (χ2n) is 5.71. The van der Waals surface area contributed by atoms with Crippen molar-refractivity contribution in [1.82, 2.24) is 5.32 Å². The minimum Gasteiger partial charge on any atom is -0.497 e. The first-order chi connectivity index (χ1) is 12.2. The molecule has 2 N–H and O–H groups in total. The molecule has 1 heterocycles. The van der Waals surface area contributed by atoms with E-state index < -0.39 is 5.92 Å². The van der Waals surface area contributed by atoms with Crippen LogP contribution in [-0.4, -0.2) is 32.1 Å². The predicted octanol–water partition coefficient (Wildman–Crippen LogP) is 2.32. The zero-order chi connectivity index (χ0) is 17.6. The van der Waals surface area contributed by atoms with E-state index in [-0.39, 0.29) is 18.2 Å². The Hall–Kier alpha value is -3.02. The van der Waals surface area contributed by atoms with Gasteiger partial charge in [-0.3, -0.25) is 9.59 Å². The number of para-hydroxylation sites is 1. The molecule has 0 fully saturated rings. The Bertz CT molecular complexity index is 776. The van der Waals surface area contributed by atoms with Gasteiger partial charge < -0.3 is 20.1 Å². The van der Waals surface area contributed by atoms with E-state index in [1.54, 1.807) is 19.2 Å². The van der Waals surface area contributed by atoms with E-state index in [1.807, 2.05) is 36.4 Å². The van der Waals surface area contributed by atoms with Crippen molar-refractivity contribution in [1.29, 1.82) is 0 Å². The Kier molecular flexibility index (Phi) is 5.18. The molecule has 0 saturated carbocycles. The summed E-state index contributed by atoms with van der Waals surface area (Å²) in [6.07, 6.45) is 0.152. The first-order valence-electron chi connectivity index (χ1n) is 8.10. The molecule has 6 heteroatoms. The number of anilines is 1. The smallest absolute Gasteiger partial charge is 0.228 e. The van der Waals surface area contributed by atoms with Gasteiger partial charge >= 0.3 is 0 Å². The maximum atomic E-state index is 12.5. The van der Waals surface area contributed by atoms with Crippen LogP contribution in [0.2, 0.25) is 0 Å². The topological polar surface area (TPSA) is 76.7 Å². The minimum atomic E-state index is -0.471. The predicted molar refractivity (Wildman–Crippen MR) is 93.9 cm³/mol. The molecule has 1 aliphatic heterocycles. The molecule has 2 amide bonds. The number of nitrogens with one attached hydrogen (secondary N) is 2. The molecule has 6 nitrogen and oxygen atoms in total. The normalized spacial score (nSPS) is 15.7. The fraction of sp³-hybridized carbons (Fsp3) is 0.263. The van der Waals surface area contributed by atoms with Crippen molar-refractivity contribution in [3.05, 3.63) is 54.1 Å². The average molecular weight is 340 g/mol. The number of carbonyl (C=O) groups excluding carboxylic acids is 2. The number of benzene rings is 2. The van der Waals surface area contributed by atoms with Crippen LogP contribution in [0.3, 0.4) is 0 Å². The van der Waals surface area contributed by atoms with E-state index in [9.17, 15) is 9.59 Å². The molecule has 2 aromatic carbocycles. The maximum absolute atomic E-state index is 12.5. The highest BCUT2D eigenvalue weighted by molar-refractivity contribution is 6.01. The lowest BCUT2D eigenvalue weighted by atomic mass is 9.90. The van der Waals surface area contributed by atoms with Crippen molar-refractivity contribution in [2.45, 2.75) is 12.3 Å². The van der Waals surface area contributed by atoms with Crippen LogP contribution in [0.5, 0.6) is 11.5 Å². The van der Waals surface area contributed by atoms with Gasteiger partial charge in [-0.15, -0.1) is 0 Å². The summed E-state index contributed by atoms with van der Waals surface area (Å²) in [7, 11) is 1.59. The molecular formula is C19H20N2O4. The number of amides is 2. The first-order valence-corrected chi connectivity index (χ1v) is 8.10. The summed E-state index contributed by atoms with van der Waals surface area (Å²) in [5.41, 5.74) is 1.54. The lowest BCUT2D eigenvalue weighted by Gasteiger charge is -2.24. The van der Waals surface area contributed by atoms with Crippen molar-refractivity contribution in [3.63, 3.8) is 0 Å². The Labute approximate surface area is 146 Å². The standard InChI is InChI=1S/C19H20N2O4/c1-24-13-5-4-6-14(11-13)25-10-9-20-19(23)16-12-18(22)21-17-8-3-2-7-15(16)17/h2-8,11,16H,9-10,12H2,1H3,(H,20,23)(H,21,22)/t16-/m0/s1. The zero-order valence-electron chi connectivity index (χ0n) is 14.0. The SMILES string of the molecule is COc1cccc(OCCNC(=O)[C@H]2CC(=O)Nc3ccccc32)c1. The van der Waals surface area contributed by atoms with Gasteiger partial charge in [0.25, 0.3) is 0 Å². The molecule has 0 unspecified atom stereocenters. The van der Waals surface area contributed by atoms with E-state index in [0.29, 0.717) is 30.3 Å². The lowest BCUT2D eigenvalue weighted by Crippen LogP contribution is -2.36. The molecule has 3 rings (SSSR count). The number of hydrogen-bond acceptors (Lipinski definition) is 4. The van der Waals surface area contributed by atoms with Crippen LogP contribution >= 0.6 is 0 Å². The maximum Gasteiger partial charge on any atom is 0.228 e. The first kappa shape index (κ1) is 16.8. The number of carbonyl (C=O) groups is 2. The zero-order valence-corrected chi connectivity index (χ0v) is 14.0. The van der Waals surface area contributed by atoms with E-state index in [1.165, 1.54) is 0 Å². The minimum absolute atomic E-state index is 0.147. The fourth-order valence-electron chi connectivity index (χ4n) is 2.80. The largest absolute Gasteiger partial charge is 0.497 e. The molecule has 0 spiro atoms. The van der Waals surface area contributed by atoms with Gasteiger partial charge in [0.1, 0.15) is 18.1 Å². The van der Waals surface area contributed by atoms with Crippen LogP contribution in [0.4, 0.5) is 5.69 Å². The highest BCUT2D eigenvalue weighted by Crippen LogP contribution is 2.31. The van der Waals surface area contributed by atoms with E-state index in [4.69, 9.17) is 9.47 Å². The molecule has 0 bridgehead atoms. The summed E-state index contributed by atoms with van der Waals surface area (Å²) < 4.78 is 10.7. The van der Waals surface area contributed by atoms with Gasteiger partial charge in [0, 0.05) is 18.2 Å². The Balaban J connectivity index is 1.53. The van der Waals surface area contributed by atoms with Gasteiger partial charge in [-0.1, -0.05) is 24.3 Å². The van der Waals surface area contributed by atoms with Gasteiger partial charge in [0.15, 0.2) is 0 Å². The molecule has 0 aliphatic carbocycles. The molecule has 130 valence electrons. The van der Waals surface area contributed by atoms with Gasteiger partial charge in [0.2, 0.25) is 11.8 Å². The average Bonchev–Trinajstić information content (AvgIpc) is 2.64. The molecular weight excluding hydrogens is 320 g/mol. The second-order valence-corrected chi connectivity index (χ2v) is 5.71. The number of methoxy groups -OCH3 is 1. The van der Waals surface area contributed by atoms with Crippen molar-refractivity contribution >= 4 is 17.5 Å². The van der Waals surface area contributed by atoms with E-state index in [0.717, 1.165) is 5.56 Å². The van der Waals surface area contributed by atoms with Gasteiger partial charge in [-0.25, -0.2) is 0 Å². The van der Waals surface area contributed by atoms with Crippen molar-refractivity contribution < 1.29 is 19.1 Å². The van der Waals surface area contributed by atoms with Crippen molar-refractivity contribution in [2.24, 2.45) is 0 Å². The molecule has 0 saturated heterocycles. The van der Waals surface area contributed by atoms with Crippen LogP contribution in [0.1, 0.15) is 17.9 Å². The van der Waals surface area contributed by atoms with Gasteiger partial charge in [-0.2, -0.15) is 0 Å². The van der Waals surface area contributed by atoms with E-state index in [2.05, 4.69) is 10.6 Å². The van der Waals surface area contributed by atoms with Crippen LogP contribution < -0.4 is 20.1 Å². The lowest BCUT2D eigenvalue weighted by molar-refractivity contribution is -0.126. The summed E-state index contributed by atoms with van der Waals surface area (Å²) in [6, 6.07) is 14.6. The molecule has 25 heavy (non-hydrogen) atoms. The monoisotopic (exact) mass is 340 g/mol. The third-order valence-electron chi connectivity index (χ3n) is 4.03. The summed E-state index contributed by atoms with van der Waals surface area (Å²) >= 11 is 0. The molecule has 1 atom stereocenters. The molecule has 0 radical (unpaired) electrons. The third-order valence-corrected chi connectivity index (χ3v) is 4.03. The van der Waals surface area contributed by atoms with Gasteiger partial charge in [0.05, 0.1) is 19.6 Å². The summed E-state index contributed by atoms with van der Waals surface area (Å²) in [4.78, 5) is 24.2.